The highest BCUT2D eigenvalue weighted by atomic mass is 16.5. The molecule has 4 aromatic rings. The lowest BCUT2D eigenvalue weighted by Gasteiger charge is -2.23. The summed E-state index contributed by atoms with van der Waals surface area (Å²) in [5, 5.41) is 27.6. The van der Waals surface area contributed by atoms with E-state index in [1.54, 1.807) is 4.68 Å². The first-order chi connectivity index (χ1) is 16.5. The first-order valence-electron chi connectivity index (χ1n) is 11.7. The van der Waals surface area contributed by atoms with E-state index in [1.807, 2.05) is 24.0 Å². The number of aromatic nitrogens is 6. The number of aliphatic hydroxyl groups is 1. The molecule has 34 heavy (non-hydrogen) atoms. The Balaban J connectivity index is 1.69. The zero-order valence-corrected chi connectivity index (χ0v) is 20.1. The predicted molar refractivity (Wildman–Crippen MR) is 132 cm³/mol. The number of rotatable bonds is 3. The molecular weight excluding hydrogens is 430 g/mol. The Morgan fingerprint density at radius 3 is 2.88 bits per heavy atom. The fourth-order valence-corrected chi connectivity index (χ4v) is 4.71. The molecule has 0 aliphatic carbocycles. The van der Waals surface area contributed by atoms with E-state index in [0.29, 0.717) is 13.1 Å². The number of likely N-dealkylation sites (N-methyl/N-ethyl adjacent to an activating group) is 1. The van der Waals surface area contributed by atoms with Gasteiger partial charge in [0.1, 0.15) is 6.10 Å². The zero-order chi connectivity index (χ0) is 23.8. The first-order valence-corrected chi connectivity index (χ1v) is 11.7. The summed E-state index contributed by atoms with van der Waals surface area (Å²) in [7, 11) is 3.98. The predicted octanol–water partition coefficient (Wildman–Crippen LogP) is 3.10. The van der Waals surface area contributed by atoms with Crippen LogP contribution in [0.15, 0.2) is 24.4 Å². The van der Waals surface area contributed by atoms with Gasteiger partial charge >= 0.3 is 0 Å². The van der Waals surface area contributed by atoms with E-state index in [-0.39, 0.29) is 12.7 Å². The fourth-order valence-electron chi connectivity index (χ4n) is 4.71. The van der Waals surface area contributed by atoms with Crippen LogP contribution in [0.25, 0.3) is 34.2 Å². The van der Waals surface area contributed by atoms with Crippen LogP contribution in [0.5, 0.6) is 5.88 Å². The lowest BCUT2D eigenvalue weighted by Crippen LogP contribution is -2.32. The zero-order valence-electron chi connectivity index (χ0n) is 20.1. The van der Waals surface area contributed by atoms with Crippen LogP contribution in [0.2, 0.25) is 0 Å². The number of hydrogen-bond acceptors (Lipinski definition) is 6. The third-order valence-electron chi connectivity index (χ3n) is 6.32. The Kier molecular flexibility index (Phi) is 5.97. The van der Waals surface area contributed by atoms with Gasteiger partial charge in [-0.2, -0.15) is 15.3 Å². The first kappa shape index (κ1) is 22.4. The highest BCUT2D eigenvalue weighted by molar-refractivity contribution is 5.93. The topological polar surface area (TPSA) is 97.0 Å². The standard InChI is InChI=1S/C25H31N7O2/c1-5-21-18-7-9-23-19-12-17(6-8-22(19)27-28-23)20-13-26-31(4)25(20)34-16(2)14-30(3)15-24(18)32(29-21)10-11-33/h6-9,12-13,16,33H,5,10-11,14-15H2,1-4H3,(H,27,28)/b9-7+/t16-/m0/s1. The lowest BCUT2D eigenvalue weighted by molar-refractivity contribution is 0.146. The van der Waals surface area contributed by atoms with Crippen molar-refractivity contribution in [3.8, 4) is 17.0 Å². The molecule has 178 valence electrons. The summed E-state index contributed by atoms with van der Waals surface area (Å²) in [6, 6.07) is 6.25. The van der Waals surface area contributed by atoms with Gasteiger partial charge in [0, 0.05) is 31.1 Å². The average Bonchev–Trinajstić information content (AvgIpc) is 3.48. The molecular formula is C25H31N7O2. The van der Waals surface area contributed by atoms with Gasteiger partial charge in [-0.1, -0.05) is 13.0 Å². The van der Waals surface area contributed by atoms with E-state index in [1.165, 1.54) is 0 Å². The van der Waals surface area contributed by atoms with Crippen molar-refractivity contribution >= 4 is 23.1 Å². The van der Waals surface area contributed by atoms with Crippen molar-refractivity contribution in [3.63, 3.8) is 0 Å². The number of nitrogens with one attached hydrogen (secondary N) is 1. The lowest BCUT2D eigenvalue weighted by atomic mass is 10.0. The molecule has 4 heterocycles. The van der Waals surface area contributed by atoms with E-state index in [9.17, 15) is 5.11 Å². The number of aryl methyl sites for hydroxylation is 2. The van der Waals surface area contributed by atoms with Crippen molar-refractivity contribution in [1.29, 1.82) is 0 Å². The summed E-state index contributed by atoms with van der Waals surface area (Å²) in [5.41, 5.74) is 7.01. The highest BCUT2D eigenvalue weighted by Crippen LogP contribution is 2.33. The molecule has 1 aliphatic heterocycles. The monoisotopic (exact) mass is 461 g/mol. The third-order valence-corrected chi connectivity index (χ3v) is 6.32. The molecule has 9 nitrogen and oxygen atoms in total. The van der Waals surface area contributed by atoms with Crippen LogP contribution < -0.4 is 4.74 Å². The second-order valence-electron chi connectivity index (χ2n) is 8.92. The van der Waals surface area contributed by atoms with Crippen molar-refractivity contribution in [3.05, 3.63) is 47.0 Å². The fraction of sp³-hybridized carbons (Fsp3) is 0.400. The summed E-state index contributed by atoms with van der Waals surface area (Å²) in [4.78, 5) is 2.23. The van der Waals surface area contributed by atoms with Gasteiger partial charge in [0.15, 0.2) is 0 Å². The Hall–Kier alpha value is -3.43. The largest absolute Gasteiger partial charge is 0.473 e. The molecule has 3 aromatic heterocycles. The second kappa shape index (κ2) is 9.08. The Labute approximate surface area is 198 Å². The van der Waals surface area contributed by atoms with Gasteiger partial charge < -0.3 is 9.84 Å². The normalized spacial score (nSPS) is 17.7. The highest BCUT2D eigenvalue weighted by Gasteiger charge is 2.21. The van der Waals surface area contributed by atoms with Crippen molar-refractivity contribution < 1.29 is 9.84 Å². The maximum absolute atomic E-state index is 9.63. The molecule has 2 N–H and O–H groups in total. The van der Waals surface area contributed by atoms with Gasteiger partial charge in [-0.25, -0.2) is 4.68 Å². The van der Waals surface area contributed by atoms with Crippen molar-refractivity contribution in [1.82, 2.24) is 34.7 Å². The SMILES string of the molecule is CCc1nn(CCO)c2c1/C=C/c1n[nH]c3ccc(cc13)-c1cnn(C)c1O[C@@H](C)CN(C)C2. The van der Waals surface area contributed by atoms with Crippen LogP contribution in [0.3, 0.4) is 0 Å². The van der Waals surface area contributed by atoms with Gasteiger partial charge in [-0.3, -0.25) is 14.7 Å². The maximum Gasteiger partial charge on any atom is 0.219 e. The maximum atomic E-state index is 9.63. The summed E-state index contributed by atoms with van der Waals surface area (Å²) in [5.74, 6) is 0.745. The number of H-pyrrole nitrogens is 1. The van der Waals surface area contributed by atoms with Gasteiger partial charge in [-0.05, 0) is 50.2 Å². The Morgan fingerprint density at radius 2 is 2.09 bits per heavy atom. The molecule has 0 saturated heterocycles. The van der Waals surface area contributed by atoms with Gasteiger partial charge in [0.2, 0.25) is 5.88 Å². The van der Waals surface area contributed by atoms with Crippen LogP contribution in [-0.2, 0) is 26.6 Å². The average molecular weight is 462 g/mol. The minimum Gasteiger partial charge on any atom is -0.473 e. The van der Waals surface area contributed by atoms with E-state index < -0.39 is 0 Å². The van der Waals surface area contributed by atoms with Crippen LogP contribution in [0, 0.1) is 0 Å². The molecule has 1 atom stereocenters. The number of ether oxygens (including phenoxy) is 1. The Bertz CT molecular complexity index is 1350. The van der Waals surface area contributed by atoms with Crippen LogP contribution in [0.4, 0.5) is 0 Å². The van der Waals surface area contributed by atoms with E-state index in [4.69, 9.17) is 9.84 Å². The number of nitrogens with zero attached hydrogens (tertiary/aromatic N) is 6. The minimum atomic E-state index is -0.0589. The number of fused-ring (bicyclic) bond motifs is 4. The molecule has 1 aromatic carbocycles. The van der Waals surface area contributed by atoms with E-state index in [2.05, 4.69) is 65.4 Å². The van der Waals surface area contributed by atoms with Crippen molar-refractivity contribution in [2.45, 2.75) is 39.5 Å². The Morgan fingerprint density at radius 1 is 1.24 bits per heavy atom. The van der Waals surface area contributed by atoms with Crippen molar-refractivity contribution in [2.75, 3.05) is 20.2 Å². The molecule has 0 radical (unpaired) electrons. The quantitative estimate of drug-likeness (QED) is 0.487. The molecule has 9 heteroatoms. The van der Waals surface area contributed by atoms with Crippen LogP contribution in [0.1, 0.15) is 36.5 Å². The van der Waals surface area contributed by atoms with Crippen LogP contribution >= 0.6 is 0 Å². The van der Waals surface area contributed by atoms with Crippen LogP contribution in [-0.4, -0.2) is 66.1 Å². The van der Waals surface area contributed by atoms with Gasteiger partial charge in [0.25, 0.3) is 0 Å². The third kappa shape index (κ3) is 4.01. The summed E-state index contributed by atoms with van der Waals surface area (Å²) in [6.45, 7) is 6.09. The number of aromatic amines is 1. The number of hydrogen-bond donors (Lipinski definition) is 2. The van der Waals surface area contributed by atoms with Gasteiger partial charge in [-0.15, -0.1) is 0 Å². The van der Waals surface area contributed by atoms with Gasteiger partial charge in [0.05, 0.1) is 47.5 Å². The molecule has 0 unspecified atom stereocenters. The molecule has 0 amide bonds. The summed E-state index contributed by atoms with van der Waals surface area (Å²) in [6.07, 6.45) is 6.76. The summed E-state index contributed by atoms with van der Waals surface area (Å²) < 4.78 is 10.1. The molecule has 2 bridgehead atoms. The molecule has 0 saturated carbocycles. The molecule has 0 fully saturated rings. The molecule has 5 rings (SSSR count). The number of aliphatic hydroxyl groups excluding tert-OH is 1. The van der Waals surface area contributed by atoms with E-state index >= 15 is 0 Å². The van der Waals surface area contributed by atoms with Crippen molar-refractivity contribution in [2.24, 2.45) is 7.05 Å². The second-order valence-corrected chi connectivity index (χ2v) is 8.92. The minimum absolute atomic E-state index is 0.0419. The number of benzene rings is 1. The van der Waals surface area contributed by atoms with E-state index in [0.717, 1.165) is 63.5 Å². The molecule has 1 aliphatic rings. The molecule has 0 spiro atoms. The summed E-state index contributed by atoms with van der Waals surface area (Å²) >= 11 is 0. The smallest absolute Gasteiger partial charge is 0.219 e.